The summed E-state index contributed by atoms with van der Waals surface area (Å²) < 4.78 is 0.832. The summed E-state index contributed by atoms with van der Waals surface area (Å²) in [5, 5.41) is 0.510. The first-order valence-electron chi connectivity index (χ1n) is 5.23. The molecule has 0 spiro atoms. The van der Waals surface area contributed by atoms with Crippen molar-refractivity contribution in [2.24, 2.45) is 0 Å². The normalized spacial score (nSPS) is 10.5. The minimum absolute atomic E-state index is 0.106. The Morgan fingerprint density at radius 1 is 1.21 bits per heavy atom. The van der Waals surface area contributed by atoms with Crippen LogP contribution in [0.1, 0.15) is 17.3 Å². The second kappa shape index (κ2) is 5.03. The van der Waals surface area contributed by atoms with Crippen molar-refractivity contribution in [3.8, 4) is 5.69 Å². The molecule has 0 atom stereocenters. The van der Waals surface area contributed by atoms with E-state index in [1.807, 2.05) is 0 Å². The van der Waals surface area contributed by atoms with Crippen LogP contribution < -0.4 is 11.2 Å². The SMILES string of the molecule is CC(=O)c1c[nH]c(=O)n(-c2ccc(Cl)c(Cl)c2)c1=O. The molecule has 1 N–H and O–H groups in total. The highest BCUT2D eigenvalue weighted by molar-refractivity contribution is 6.42. The Morgan fingerprint density at radius 3 is 2.47 bits per heavy atom. The van der Waals surface area contributed by atoms with Crippen LogP contribution in [0.5, 0.6) is 0 Å². The van der Waals surface area contributed by atoms with Crippen LogP contribution >= 0.6 is 23.2 Å². The van der Waals surface area contributed by atoms with E-state index < -0.39 is 17.0 Å². The number of nitrogens with zero attached hydrogens (tertiary/aromatic N) is 1. The standard InChI is InChI=1S/C12H8Cl2N2O3/c1-6(17)8-5-15-12(19)16(11(8)18)7-2-3-9(13)10(14)4-7/h2-5H,1H3,(H,15,19). The zero-order chi connectivity index (χ0) is 14.2. The van der Waals surface area contributed by atoms with E-state index in [1.165, 1.54) is 25.1 Å². The fourth-order valence-corrected chi connectivity index (χ4v) is 1.88. The van der Waals surface area contributed by atoms with Crippen LogP contribution in [0.2, 0.25) is 10.0 Å². The summed E-state index contributed by atoms with van der Waals surface area (Å²) in [5.41, 5.74) is -1.22. The Kier molecular flexibility index (Phi) is 3.59. The minimum atomic E-state index is -0.699. The van der Waals surface area contributed by atoms with Crippen molar-refractivity contribution in [3.63, 3.8) is 0 Å². The van der Waals surface area contributed by atoms with Crippen molar-refractivity contribution in [2.75, 3.05) is 0 Å². The van der Waals surface area contributed by atoms with Gasteiger partial charge >= 0.3 is 5.69 Å². The maximum atomic E-state index is 12.1. The maximum Gasteiger partial charge on any atom is 0.333 e. The van der Waals surface area contributed by atoms with Crippen LogP contribution in [0, 0.1) is 0 Å². The van der Waals surface area contributed by atoms with Gasteiger partial charge in [0.1, 0.15) is 0 Å². The second-order valence-electron chi connectivity index (χ2n) is 3.80. The molecule has 0 aliphatic carbocycles. The van der Waals surface area contributed by atoms with Crippen molar-refractivity contribution in [2.45, 2.75) is 6.92 Å². The maximum absolute atomic E-state index is 12.1. The number of carbonyl (C=O) groups excluding carboxylic acids is 1. The highest BCUT2D eigenvalue weighted by Gasteiger charge is 2.13. The molecule has 1 heterocycles. The molecule has 5 nitrogen and oxygen atoms in total. The predicted octanol–water partition coefficient (Wildman–Crippen LogP) is 2.04. The zero-order valence-corrected chi connectivity index (χ0v) is 11.2. The third kappa shape index (κ3) is 2.47. The molecule has 2 rings (SSSR count). The van der Waals surface area contributed by atoms with Gasteiger partial charge in [0.05, 0.1) is 21.3 Å². The number of hydrogen-bond donors (Lipinski definition) is 1. The highest BCUT2D eigenvalue weighted by atomic mass is 35.5. The number of aromatic amines is 1. The van der Waals surface area contributed by atoms with E-state index >= 15 is 0 Å². The summed E-state index contributed by atoms with van der Waals surface area (Å²) in [7, 11) is 0. The molecular weight excluding hydrogens is 291 g/mol. The summed E-state index contributed by atoms with van der Waals surface area (Å²) in [4.78, 5) is 37.4. The summed E-state index contributed by atoms with van der Waals surface area (Å²) >= 11 is 11.6. The van der Waals surface area contributed by atoms with Crippen LogP contribution in [-0.2, 0) is 0 Å². The largest absolute Gasteiger partial charge is 0.333 e. The number of carbonyl (C=O) groups is 1. The Bertz CT molecular complexity index is 777. The van der Waals surface area contributed by atoms with Gasteiger partial charge in [0, 0.05) is 6.20 Å². The Morgan fingerprint density at radius 2 is 1.89 bits per heavy atom. The molecular formula is C12H8Cl2N2O3. The highest BCUT2D eigenvalue weighted by Crippen LogP contribution is 2.23. The molecule has 2 aromatic rings. The van der Waals surface area contributed by atoms with Crippen LogP contribution in [0.15, 0.2) is 34.0 Å². The number of nitrogens with one attached hydrogen (secondary N) is 1. The van der Waals surface area contributed by atoms with Gasteiger partial charge in [-0.2, -0.15) is 0 Å². The van der Waals surface area contributed by atoms with Crippen molar-refractivity contribution < 1.29 is 4.79 Å². The quantitative estimate of drug-likeness (QED) is 0.862. The number of hydrogen-bond acceptors (Lipinski definition) is 3. The van der Waals surface area contributed by atoms with E-state index in [0.29, 0.717) is 5.02 Å². The first-order valence-corrected chi connectivity index (χ1v) is 5.98. The molecule has 0 bridgehead atoms. The summed E-state index contributed by atoms with van der Waals surface area (Å²) in [6.07, 6.45) is 1.10. The lowest BCUT2D eigenvalue weighted by atomic mass is 10.2. The molecule has 98 valence electrons. The van der Waals surface area contributed by atoms with Gasteiger partial charge in [-0.3, -0.25) is 9.59 Å². The number of H-pyrrole nitrogens is 1. The fraction of sp³-hybridized carbons (Fsp3) is 0.0833. The lowest BCUT2D eigenvalue weighted by molar-refractivity contribution is 0.101. The number of ketones is 1. The summed E-state index contributed by atoms with van der Waals surface area (Å²) in [5.74, 6) is -0.435. The van der Waals surface area contributed by atoms with E-state index in [9.17, 15) is 14.4 Å². The van der Waals surface area contributed by atoms with E-state index in [0.717, 1.165) is 10.8 Å². The van der Waals surface area contributed by atoms with Crippen molar-refractivity contribution in [1.82, 2.24) is 9.55 Å². The minimum Gasteiger partial charge on any atom is -0.313 e. The lowest BCUT2D eigenvalue weighted by Crippen LogP contribution is -2.36. The molecule has 0 radical (unpaired) electrons. The number of aromatic nitrogens is 2. The van der Waals surface area contributed by atoms with Crippen molar-refractivity contribution >= 4 is 29.0 Å². The third-order valence-electron chi connectivity index (χ3n) is 2.52. The average Bonchev–Trinajstić information content (AvgIpc) is 2.33. The number of rotatable bonds is 2. The molecule has 1 aromatic carbocycles. The van der Waals surface area contributed by atoms with Gasteiger partial charge in [-0.05, 0) is 25.1 Å². The van der Waals surface area contributed by atoms with E-state index in [1.54, 1.807) is 0 Å². The molecule has 0 amide bonds. The van der Waals surface area contributed by atoms with E-state index in [2.05, 4.69) is 4.98 Å². The second-order valence-corrected chi connectivity index (χ2v) is 4.62. The first-order chi connectivity index (χ1) is 8.91. The van der Waals surface area contributed by atoms with Gasteiger partial charge < -0.3 is 4.98 Å². The molecule has 7 heteroatoms. The van der Waals surface area contributed by atoms with E-state index in [4.69, 9.17) is 23.2 Å². The summed E-state index contributed by atoms with van der Waals surface area (Å²) in [6, 6.07) is 4.31. The smallest absolute Gasteiger partial charge is 0.313 e. The van der Waals surface area contributed by atoms with Gasteiger partial charge in [0.2, 0.25) is 0 Å². The van der Waals surface area contributed by atoms with Gasteiger partial charge in [-0.25, -0.2) is 9.36 Å². The van der Waals surface area contributed by atoms with Gasteiger partial charge in [-0.1, -0.05) is 23.2 Å². The molecule has 0 aliphatic rings. The molecule has 19 heavy (non-hydrogen) atoms. The number of halogens is 2. The van der Waals surface area contributed by atoms with Gasteiger partial charge in [0.25, 0.3) is 5.56 Å². The van der Waals surface area contributed by atoms with Crippen molar-refractivity contribution in [1.29, 1.82) is 0 Å². The monoisotopic (exact) mass is 298 g/mol. The van der Waals surface area contributed by atoms with Crippen LogP contribution in [0.3, 0.4) is 0 Å². The van der Waals surface area contributed by atoms with E-state index in [-0.39, 0.29) is 16.3 Å². The van der Waals surface area contributed by atoms with Crippen LogP contribution in [-0.4, -0.2) is 15.3 Å². The summed E-state index contributed by atoms with van der Waals surface area (Å²) in [6.45, 7) is 1.24. The molecule has 0 unspecified atom stereocenters. The molecule has 0 saturated carbocycles. The molecule has 0 aliphatic heterocycles. The fourth-order valence-electron chi connectivity index (χ4n) is 1.58. The Hall–Kier alpha value is -1.85. The molecule has 0 saturated heterocycles. The number of benzene rings is 1. The van der Waals surface area contributed by atoms with Crippen molar-refractivity contribution in [3.05, 3.63) is 60.8 Å². The first kappa shape index (κ1) is 13.6. The molecule has 0 fully saturated rings. The topological polar surface area (TPSA) is 71.9 Å². The van der Waals surface area contributed by atoms with Crippen LogP contribution in [0.4, 0.5) is 0 Å². The predicted molar refractivity (Wildman–Crippen MR) is 72.7 cm³/mol. The Balaban J connectivity index is 2.78. The third-order valence-corrected chi connectivity index (χ3v) is 3.26. The van der Waals surface area contributed by atoms with Crippen LogP contribution in [0.25, 0.3) is 5.69 Å². The average molecular weight is 299 g/mol. The number of Topliss-reactive ketones (excluding diaryl/α,β-unsaturated/α-hetero) is 1. The zero-order valence-electron chi connectivity index (χ0n) is 9.74. The molecule has 1 aromatic heterocycles. The Labute approximate surface area is 117 Å². The lowest BCUT2D eigenvalue weighted by Gasteiger charge is -2.06. The van der Waals surface area contributed by atoms with Gasteiger partial charge in [0.15, 0.2) is 5.78 Å². The van der Waals surface area contributed by atoms with Gasteiger partial charge in [-0.15, -0.1) is 0 Å².